The number of benzene rings is 2. The number of carbonyl (C=O) groups excluding carboxylic acids is 2. The lowest BCUT2D eigenvalue weighted by atomic mass is 9.94. The van der Waals surface area contributed by atoms with E-state index in [9.17, 15) is 14.0 Å². The lowest BCUT2D eigenvalue weighted by Crippen LogP contribution is -2.35. The summed E-state index contributed by atoms with van der Waals surface area (Å²) in [6, 6.07) is 13.2. The molecule has 0 aliphatic carbocycles. The molecule has 26 heavy (non-hydrogen) atoms. The van der Waals surface area contributed by atoms with E-state index in [0.29, 0.717) is 18.7 Å². The van der Waals surface area contributed by atoms with Gasteiger partial charge in [-0.2, -0.15) is 0 Å². The molecule has 136 valence electrons. The van der Waals surface area contributed by atoms with E-state index in [1.54, 1.807) is 41.3 Å². The zero-order chi connectivity index (χ0) is 18.5. The van der Waals surface area contributed by atoms with Crippen LogP contribution < -0.4 is 0 Å². The van der Waals surface area contributed by atoms with Gasteiger partial charge >= 0.3 is 5.97 Å². The van der Waals surface area contributed by atoms with Crippen LogP contribution in [0.5, 0.6) is 0 Å². The van der Waals surface area contributed by atoms with Gasteiger partial charge in [0.25, 0.3) is 5.91 Å². The van der Waals surface area contributed by atoms with Crippen molar-refractivity contribution in [3.05, 3.63) is 71.0 Å². The van der Waals surface area contributed by atoms with E-state index in [0.717, 1.165) is 24.8 Å². The molecule has 1 unspecified atom stereocenters. The summed E-state index contributed by atoms with van der Waals surface area (Å²) in [5.41, 5.74) is 1.68. The Morgan fingerprint density at radius 1 is 1.04 bits per heavy atom. The van der Waals surface area contributed by atoms with Gasteiger partial charge in [0.2, 0.25) is 0 Å². The molecule has 0 saturated carbocycles. The van der Waals surface area contributed by atoms with E-state index >= 15 is 0 Å². The smallest absolute Gasteiger partial charge is 0.338 e. The summed E-state index contributed by atoms with van der Waals surface area (Å²) in [5, 5.41) is 0. The first-order valence-electron chi connectivity index (χ1n) is 8.82. The fourth-order valence-corrected chi connectivity index (χ4v) is 3.46. The van der Waals surface area contributed by atoms with Crippen LogP contribution in [0.25, 0.3) is 0 Å². The average Bonchev–Trinajstić information content (AvgIpc) is 2.93. The van der Waals surface area contributed by atoms with Crippen LogP contribution in [0.4, 0.5) is 4.39 Å². The highest BCUT2D eigenvalue weighted by atomic mass is 19.1. The highest BCUT2D eigenvalue weighted by molar-refractivity contribution is 6.05. The van der Waals surface area contributed by atoms with Crippen LogP contribution >= 0.6 is 0 Å². The predicted octanol–water partition coefficient (Wildman–Crippen LogP) is 4.02. The molecule has 2 aromatic carbocycles. The SMILES string of the molecule is COC(=O)c1ccccc1C(=O)N1CCCCC(c2ccc(F)cc2)C1. The van der Waals surface area contributed by atoms with Crippen LogP contribution in [0.1, 0.15) is 51.5 Å². The number of hydrogen-bond acceptors (Lipinski definition) is 3. The molecule has 1 atom stereocenters. The number of carbonyl (C=O) groups is 2. The molecule has 1 heterocycles. The number of amides is 1. The van der Waals surface area contributed by atoms with Crippen molar-refractivity contribution in [2.45, 2.75) is 25.2 Å². The normalized spacial score (nSPS) is 17.5. The Morgan fingerprint density at radius 2 is 1.73 bits per heavy atom. The van der Waals surface area contributed by atoms with Crippen molar-refractivity contribution in [2.24, 2.45) is 0 Å². The largest absolute Gasteiger partial charge is 0.465 e. The second kappa shape index (κ2) is 8.13. The molecular weight excluding hydrogens is 333 g/mol. The van der Waals surface area contributed by atoms with Gasteiger partial charge in [0.1, 0.15) is 5.82 Å². The summed E-state index contributed by atoms with van der Waals surface area (Å²) < 4.78 is 18.0. The van der Waals surface area contributed by atoms with Crippen LogP contribution in [-0.4, -0.2) is 37.0 Å². The molecule has 0 spiro atoms. The molecule has 5 heteroatoms. The Bertz CT molecular complexity index is 788. The third-order valence-electron chi connectivity index (χ3n) is 4.86. The fourth-order valence-electron chi connectivity index (χ4n) is 3.46. The van der Waals surface area contributed by atoms with Gasteiger partial charge in [0, 0.05) is 19.0 Å². The number of hydrogen-bond donors (Lipinski definition) is 0. The van der Waals surface area contributed by atoms with Crippen molar-refractivity contribution in [1.29, 1.82) is 0 Å². The van der Waals surface area contributed by atoms with Gasteiger partial charge in [-0.15, -0.1) is 0 Å². The first-order valence-corrected chi connectivity index (χ1v) is 8.82. The number of likely N-dealkylation sites (tertiary alicyclic amines) is 1. The molecule has 1 fully saturated rings. The molecule has 0 radical (unpaired) electrons. The summed E-state index contributed by atoms with van der Waals surface area (Å²) in [7, 11) is 1.31. The molecule has 1 aliphatic rings. The second-order valence-electron chi connectivity index (χ2n) is 6.53. The number of halogens is 1. The van der Waals surface area contributed by atoms with Crippen molar-refractivity contribution in [3.63, 3.8) is 0 Å². The van der Waals surface area contributed by atoms with Crippen LogP contribution in [0.15, 0.2) is 48.5 Å². The van der Waals surface area contributed by atoms with E-state index in [2.05, 4.69) is 0 Å². The van der Waals surface area contributed by atoms with Gasteiger partial charge in [0.05, 0.1) is 18.2 Å². The number of rotatable bonds is 3. The van der Waals surface area contributed by atoms with E-state index in [1.165, 1.54) is 19.2 Å². The Hall–Kier alpha value is -2.69. The van der Waals surface area contributed by atoms with E-state index in [1.807, 2.05) is 0 Å². The van der Waals surface area contributed by atoms with Crippen molar-refractivity contribution >= 4 is 11.9 Å². The zero-order valence-corrected chi connectivity index (χ0v) is 14.8. The number of methoxy groups -OCH3 is 1. The molecule has 1 saturated heterocycles. The molecule has 2 aromatic rings. The minimum absolute atomic E-state index is 0.160. The molecule has 4 nitrogen and oxygen atoms in total. The molecule has 0 N–H and O–H groups in total. The number of esters is 1. The maximum atomic E-state index is 13.2. The van der Waals surface area contributed by atoms with Gasteiger partial charge in [-0.25, -0.2) is 9.18 Å². The summed E-state index contributed by atoms with van der Waals surface area (Å²) in [6.45, 7) is 1.20. The van der Waals surface area contributed by atoms with E-state index in [4.69, 9.17) is 4.74 Å². The third-order valence-corrected chi connectivity index (χ3v) is 4.86. The number of ether oxygens (including phenoxy) is 1. The Kier molecular flexibility index (Phi) is 5.66. The van der Waals surface area contributed by atoms with Gasteiger partial charge in [0.15, 0.2) is 0 Å². The lowest BCUT2D eigenvalue weighted by molar-refractivity contribution is 0.0590. The van der Waals surface area contributed by atoms with Gasteiger partial charge in [-0.3, -0.25) is 4.79 Å². The summed E-state index contributed by atoms with van der Waals surface area (Å²) >= 11 is 0. The predicted molar refractivity (Wildman–Crippen MR) is 96.7 cm³/mol. The quantitative estimate of drug-likeness (QED) is 0.781. The average molecular weight is 355 g/mol. The first-order chi connectivity index (χ1) is 12.6. The van der Waals surface area contributed by atoms with Gasteiger partial charge < -0.3 is 9.64 Å². The maximum absolute atomic E-state index is 13.2. The highest BCUT2D eigenvalue weighted by Crippen LogP contribution is 2.28. The Morgan fingerprint density at radius 3 is 2.42 bits per heavy atom. The molecule has 1 aliphatic heterocycles. The van der Waals surface area contributed by atoms with Gasteiger partial charge in [-0.05, 0) is 42.7 Å². The van der Waals surface area contributed by atoms with Crippen LogP contribution in [-0.2, 0) is 4.74 Å². The molecule has 3 rings (SSSR count). The molecule has 0 bridgehead atoms. The van der Waals surface area contributed by atoms with Crippen molar-refractivity contribution < 1.29 is 18.7 Å². The Balaban J connectivity index is 1.85. The van der Waals surface area contributed by atoms with Crippen LogP contribution in [0.2, 0.25) is 0 Å². The van der Waals surface area contributed by atoms with E-state index < -0.39 is 5.97 Å². The monoisotopic (exact) mass is 355 g/mol. The minimum Gasteiger partial charge on any atom is -0.465 e. The maximum Gasteiger partial charge on any atom is 0.338 e. The standard InChI is InChI=1S/C21H22FNO3/c1-26-21(25)19-8-3-2-7-18(19)20(24)23-13-5-4-6-16(14-23)15-9-11-17(22)12-10-15/h2-3,7-12,16H,4-6,13-14H2,1H3. The fraction of sp³-hybridized carbons (Fsp3) is 0.333. The Labute approximate surface area is 152 Å². The lowest BCUT2D eigenvalue weighted by Gasteiger charge is -2.25. The first kappa shape index (κ1) is 18.1. The summed E-state index contributed by atoms with van der Waals surface area (Å²) in [4.78, 5) is 26.9. The van der Waals surface area contributed by atoms with E-state index in [-0.39, 0.29) is 23.2 Å². The van der Waals surface area contributed by atoms with Crippen molar-refractivity contribution in [2.75, 3.05) is 20.2 Å². The third kappa shape index (κ3) is 3.93. The van der Waals surface area contributed by atoms with Crippen molar-refractivity contribution in [1.82, 2.24) is 4.90 Å². The highest BCUT2D eigenvalue weighted by Gasteiger charge is 2.26. The summed E-state index contributed by atoms with van der Waals surface area (Å²) in [6.07, 6.45) is 2.86. The second-order valence-corrected chi connectivity index (χ2v) is 6.53. The topological polar surface area (TPSA) is 46.6 Å². The zero-order valence-electron chi connectivity index (χ0n) is 14.8. The molecule has 1 amide bonds. The van der Waals surface area contributed by atoms with Crippen LogP contribution in [0, 0.1) is 5.82 Å². The summed E-state index contributed by atoms with van der Waals surface area (Å²) in [5.74, 6) is -0.784. The number of nitrogens with zero attached hydrogens (tertiary/aromatic N) is 1. The molecule has 0 aromatic heterocycles. The van der Waals surface area contributed by atoms with Crippen LogP contribution in [0.3, 0.4) is 0 Å². The van der Waals surface area contributed by atoms with Gasteiger partial charge in [-0.1, -0.05) is 30.7 Å². The minimum atomic E-state index is -0.515. The molecular formula is C21H22FNO3. The van der Waals surface area contributed by atoms with Crippen molar-refractivity contribution in [3.8, 4) is 0 Å².